The van der Waals surface area contributed by atoms with Crippen LogP contribution in [0.25, 0.3) is 10.9 Å². The summed E-state index contributed by atoms with van der Waals surface area (Å²) in [5, 5.41) is 1.35. The molecule has 2 aromatic rings. The number of para-hydroxylation sites is 1. The Morgan fingerprint density at radius 1 is 1.04 bits per heavy atom. The lowest BCUT2D eigenvalue weighted by Crippen LogP contribution is -2.38. The average molecular weight is 314 g/mol. The molecule has 3 heterocycles. The molecule has 1 aromatic heterocycles. The van der Waals surface area contributed by atoms with Crippen molar-refractivity contribution in [3.63, 3.8) is 0 Å². The van der Waals surface area contributed by atoms with E-state index in [9.17, 15) is 0 Å². The van der Waals surface area contributed by atoms with E-state index in [2.05, 4.69) is 46.0 Å². The summed E-state index contributed by atoms with van der Waals surface area (Å²) in [5.74, 6) is 0. The van der Waals surface area contributed by atoms with Crippen LogP contribution in [-0.4, -0.2) is 55.0 Å². The SMILES string of the molecule is c1ccc2c(c1)ccn2C1CCN(CCC2COCCO2)CC1. The zero-order valence-corrected chi connectivity index (χ0v) is 13.7. The average Bonchev–Trinajstić information content (AvgIpc) is 3.05. The van der Waals surface area contributed by atoms with Crippen LogP contribution in [0.3, 0.4) is 0 Å². The summed E-state index contributed by atoms with van der Waals surface area (Å²) >= 11 is 0. The van der Waals surface area contributed by atoms with Crippen LogP contribution < -0.4 is 0 Å². The van der Waals surface area contributed by atoms with Gasteiger partial charge < -0.3 is 18.9 Å². The number of likely N-dealkylation sites (tertiary alicyclic amines) is 1. The second kappa shape index (κ2) is 7.04. The lowest BCUT2D eigenvalue weighted by Gasteiger charge is -2.34. The number of ether oxygens (including phenoxy) is 2. The van der Waals surface area contributed by atoms with E-state index < -0.39 is 0 Å². The fourth-order valence-electron chi connectivity index (χ4n) is 3.87. The zero-order valence-electron chi connectivity index (χ0n) is 13.7. The standard InChI is InChI=1S/C19H26N2O2/c1-2-4-19-16(3-1)5-12-21(19)17-6-9-20(10-7-17)11-8-18-15-22-13-14-23-18/h1-5,12,17-18H,6-11,13-15H2. The molecule has 0 amide bonds. The van der Waals surface area contributed by atoms with E-state index in [0.29, 0.717) is 12.1 Å². The number of aromatic nitrogens is 1. The van der Waals surface area contributed by atoms with E-state index in [0.717, 1.165) is 32.8 Å². The van der Waals surface area contributed by atoms with Gasteiger partial charge in [-0.05, 0) is 36.8 Å². The van der Waals surface area contributed by atoms with Crippen LogP contribution in [0, 0.1) is 0 Å². The van der Waals surface area contributed by atoms with E-state index in [4.69, 9.17) is 9.47 Å². The monoisotopic (exact) mass is 314 g/mol. The molecule has 1 aromatic carbocycles. The minimum absolute atomic E-state index is 0.301. The second-order valence-corrected chi connectivity index (χ2v) is 6.71. The minimum Gasteiger partial charge on any atom is -0.376 e. The van der Waals surface area contributed by atoms with E-state index in [1.165, 1.54) is 36.8 Å². The van der Waals surface area contributed by atoms with Crippen molar-refractivity contribution in [2.45, 2.75) is 31.4 Å². The Kier molecular flexibility index (Phi) is 4.64. The predicted octanol–water partition coefficient (Wildman–Crippen LogP) is 3.08. The molecule has 23 heavy (non-hydrogen) atoms. The lowest BCUT2D eigenvalue weighted by molar-refractivity contribution is -0.0930. The molecule has 0 radical (unpaired) electrons. The maximum atomic E-state index is 5.74. The summed E-state index contributed by atoms with van der Waals surface area (Å²) in [6.07, 6.45) is 6.13. The first-order chi connectivity index (χ1) is 11.4. The highest BCUT2D eigenvalue weighted by molar-refractivity contribution is 5.80. The van der Waals surface area contributed by atoms with E-state index >= 15 is 0 Å². The van der Waals surface area contributed by atoms with Crippen LogP contribution in [-0.2, 0) is 9.47 Å². The molecular weight excluding hydrogens is 288 g/mol. The van der Waals surface area contributed by atoms with Crippen molar-refractivity contribution in [1.82, 2.24) is 9.47 Å². The van der Waals surface area contributed by atoms with Crippen molar-refractivity contribution < 1.29 is 9.47 Å². The van der Waals surface area contributed by atoms with Crippen molar-refractivity contribution in [2.75, 3.05) is 39.5 Å². The van der Waals surface area contributed by atoms with Gasteiger partial charge in [0.25, 0.3) is 0 Å². The van der Waals surface area contributed by atoms with E-state index in [-0.39, 0.29) is 0 Å². The fourth-order valence-corrected chi connectivity index (χ4v) is 3.87. The van der Waals surface area contributed by atoms with Gasteiger partial charge in [-0.15, -0.1) is 0 Å². The number of hydrogen-bond donors (Lipinski definition) is 0. The molecule has 2 saturated heterocycles. The summed E-state index contributed by atoms with van der Waals surface area (Å²) in [5.41, 5.74) is 1.37. The summed E-state index contributed by atoms with van der Waals surface area (Å²) in [6, 6.07) is 11.6. The topological polar surface area (TPSA) is 26.6 Å². The number of fused-ring (bicyclic) bond motifs is 1. The van der Waals surface area contributed by atoms with Gasteiger partial charge in [-0.1, -0.05) is 18.2 Å². The first-order valence-electron chi connectivity index (χ1n) is 8.87. The first kappa shape index (κ1) is 15.2. The maximum Gasteiger partial charge on any atom is 0.0821 e. The van der Waals surface area contributed by atoms with Gasteiger partial charge in [0.1, 0.15) is 0 Å². The summed E-state index contributed by atoms with van der Waals surface area (Å²) < 4.78 is 13.7. The summed E-state index contributed by atoms with van der Waals surface area (Å²) in [7, 11) is 0. The third-order valence-corrected chi connectivity index (χ3v) is 5.23. The summed E-state index contributed by atoms with van der Waals surface area (Å²) in [4.78, 5) is 2.58. The highest BCUT2D eigenvalue weighted by Crippen LogP contribution is 2.27. The molecule has 4 rings (SSSR count). The van der Waals surface area contributed by atoms with Crippen LogP contribution >= 0.6 is 0 Å². The Labute approximate surface area is 138 Å². The van der Waals surface area contributed by atoms with Crippen molar-refractivity contribution in [1.29, 1.82) is 0 Å². The zero-order chi connectivity index (χ0) is 15.5. The normalized spacial score (nSPS) is 24.3. The molecule has 0 bridgehead atoms. The Bertz CT molecular complexity index is 625. The highest BCUT2D eigenvalue weighted by Gasteiger charge is 2.22. The Morgan fingerprint density at radius 3 is 2.74 bits per heavy atom. The third kappa shape index (κ3) is 3.44. The van der Waals surface area contributed by atoms with Crippen molar-refractivity contribution >= 4 is 10.9 Å². The maximum absolute atomic E-state index is 5.74. The molecule has 124 valence electrons. The van der Waals surface area contributed by atoms with Crippen molar-refractivity contribution in [2.24, 2.45) is 0 Å². The lowest BCUT2D eigenvalue weighted by atomic mass is 10.0. The smallest absolute Gasteiger partial charge is 0.0821 e. The largest absolute Gasteiger partial charge is 0.376 e. The van der Waals surface area contributed by atoms with Gasteiger partial charge in [-0.3, -0.25) is 0 Å². The molecule has 0 saturated carbocycles. The molecule has 2 fully saturated rings. The van der Waals surface area contributed by atoms with Gasteiger partial charge in [-0.25, -0.2) is 0 Å². The first-order valence-corrected chi connectivity index (χ1v) is 8.87. The highest BCUT2D eigenvalue weighted by atomic mass is 16.6. The third-order valence-electron chi connectivity index (χ3n) is 5.23. The molecule has 2 aliphatic rings. The molecular formula is C19H26N2O2. The van der Waals surface area contributed by atoms with Crippen LogP contribution in [0.15, 0.2) is 36.5 Å². The van der Waals surface area contributed by atoms with Gasteiger partial charge in [-0.2, -0.15) is 0 Å². The molecule has 4 heteroatoms. The van der Waals surface area contributed by atoms with Gasteiger partial charge in [0.2, 0.25) is 0 Å². The van der Waals surface area contributed by atoms with Crippen molar-refractivity contribution in [3.8, 4) is 0 Å². The van der Waals surface area contributed by atoms with Crippen LogP contribution in [0.2, 0.25) is 0 Å². The molecule has 0 N–H and O–H groups in total. The second-order valence-electron chi connectivity index (χ2n) is 6.71. The van der Waals surface area contributed by atoms with Crippen LogP contribution in [0.4, 0.5) is 0 Å². The Morgan fingerprint density at radius 2 is 1.91 bits per heavy atom. The van der Waals surface area contributed by atoms with E-state index in [1.807, 2.05) is 0 Å². The molecule has 2 aliphatic heterocycles. The fraction of sp³-hybridized carbons (Fsp3) is 0.579. The summed E-state index contributed by atoms with van der Waals surface area (Å²) in [6.45, 7) is 5.79. The Hall–Kier alpha value is -1.36. The quantitative estimate of drug-likeness (QED) is 0.867. The van der Waals surface area contributed by atoms with Gasteiger partial charge in [0.15, 0.2) is 0 Å². The van der Waals surface area contributed by atoms with Crippen molar-refractivity contribution in [3.05, 3.63) is 36.5 Å². The van der Waals surface area contributed by atoms with Gasteiger partial charge in [0, 0.05) is 37.4 Å². The minimum atomic E-state index is 0.301. The van der Waals surface area contributed by atoms with Gasteiger partial charge >= 0.3 is 0 Å². The number of benzene rings is 1. The molecule has 0 aliphatic carbocycles. The molecule has 1 atom stereocenters. The van der Waals surface area contributed by atoms with E-state index in [1.54, 1.807) is 0 Å². The molecule has 1 unspecified atom stereocenters. The van der Waals surface area contributed by atoms with Crippen LogP contribution in [0.1, 0.15) is 25.3 Å². The number of hydrogen-bond acceptors (Lipinski definition) is 3. The molecule has 0 spiro atoms. The Balaban J connectivity index is 1.30. The van der Waals surface area contributed by atoms with Crippen LogP contribution in [0.5, 0.6) is 0 Å². The predicted molar refractivity (Wildman–Crippen MR) is 91.8 cm³/mol. The van der Waals surface area contributed by atoms with Gasteiger partial charge in [0.05, 0.1) is 25.9 Å². The molecule has 4 nitrogen and oxygen atoms in total. The number of nitrogens with zero attached hydrogens (tertiary/aromatic N) is 2. The number of piperidine rings is 1. The number of rotatable bonds is 4.